The number of pyridine rings is 1. The van der Waals surface area contributed by atoms with Crippen LogP contribution >= 0.6 is 12.4 Å². The third-order valence-electron chi connectivity index (χ3n) is 2.50. The summed E-state index contributed by atoms with van der Waals surface area (Å²) in [7, 11) is 0. The Hall–Kier alpha value is -1.74. The first-order valence-corrected chi connectivity index (χ1v) is 5.44. The summed E-state index contributed by atoms with van der Waals surface area (Å²) in [4.78, 5) is 15.9. The van der Waals surface area contributed by atoms with Crippen LogP contribution in [-0.2, 0) is 6.42 Å². The molecule has 94 valence electrons. The van der Waals surface area contributed by atoms with Gasteiger partial charge >= 0.3 is 0 Å². The quantitative estimate of drug-likeness (QED) is 0.793. The maximum atomic E-state index is 12.7. The van der Waals surface area contributed by atoms with Gasteiger partial charge in [-0.05, 0) is 42.8 Å². The number of benzene rings is 1. The highest BCUT2D eigenvalue weighted by Gasteiger charge is 2.06. The third-order valence-corrected chi connectivity index (χ3v) is 2.50. The number of ketones is 1. The minimum absolute atomic E-state index is 0. The molecule has 0 bridgehead atoms. The maximum Gasteiger partial charge on any atom is 0.163 e. The fourth-order valence-electron chi connectivity index (χ4n) is 1.57. The van der Waals surface area contributed by atoms with Crippen molar-refractivity contribution in [3.8, 4) is 0 Å². The number of hydrogen-bond acceptors (Lipinski definition) is 2. The minimum atomic E-state index is -0.328. The van der Waals surface area contributed by atoms with Gasteiger partial charge in [-0.2, -0.15) is 0 Å². The lowest BCUT2D eigenvalue weighted by Gasteiger charge is -2.01. The number of rotatable bonds is 4. The summed E-state index contributed by atoms with van der Waals surface area (Å²) in [6.07, 6.45) is 2.71. The van der Waals surface area contributed by atoms with Crippen molar-refractivity contribution in [2.75, 3.05) is 0 Å². The zero-order valence-corrected chi connectivity index (χ0v) is 10.5. The van der Waals surface area contributed by atoms with Crippen molar-refractivity contribution in [2.45, 2.75) is 12.8 Å². The molecule has 1 aromatic heterocycles. The van der Waals surface area contributed by atoms with Crippen molar-refractivity contribution in [3.63, 3.8) is 0 Å². The summed E-state index contributed by atoms with van der Waals surface area (Å²) in [6.45, 7) is 0. The van der Waals surface area contributed by atoms with E-state index >= 15 is 0 Å². The van der Waals surface area contributed by atoms with Crippen LogP contribution in [-0.4, -0.2) is 10.8 Å². The van der Waals surface area contributed by atoms with E-state index in [0.29, 0.717) is 18.4 Å². The Morgan fingerprint density at radius 1 is 1.11 bits per heavy atom. The molecule has 18 heavy (non-hydrogen) atoms. The molecule has 0 spiro atoms. The van der Waals surface area contributed by atoms with Crippen molar-refractivity contribution in [1.29, 1.82) is 0 Å². The average Bonchev–Trinajstić information content (AvgIpc) is 2.38. The molecule has 0 atom stereocenters. The van der Waals surface area contributed by atoms with Crippen LogP contribution in [0.3, 0.4) is 0 Å². The number of aryl methyl sites for hydroxylation is 1. The van der Waals surface area contributed by atoms with Crippen molar-refractivity contribution in [3.05, 3.63) is 65.7 Å². The Morgan fingerprint density at radius 2 is 1.83 bits per heavy atom. The molecule has 2 aromatic rings. The van der Waals surface area contributed by atoms with E-state index < -0.39 is 0 Å². The van der Waals surface area contributed by atoms with Gasteiger partial charge in [0.2, 0.25) is 0 Å². The van der Waals surface area contributed by atoms with Gasteiger partial charge in [0.15, 0.2) is 5.78 Å². The average molecular weight is 266 g/mol. The van der Waals surface area contributed by atoms with E-state index in [2.05, 4.69) is 4.98 Å². The smallest absolute Gasteiger partial charge is 0.163 e. The first-order valence-electron chi connectivity index (χ1n) is 5.44. The Morgan fingerprint density at radius 3 is 2.44 bits per heavy atom. The van der Waals surface area contributed by atoms with Gasteiger partial charge in [-0.15, -0.1) is 12.4 Å². The molecule has 2 nitrogen and oxygen atoms in total. The van der Waals surface area contributed by atoms with Crippen molar-refractivity contribution in [1.82, 2.24) is 4.98 Å². The summed E-state index contributed by atoms with van der Waals surface area (Å²) in [6, 6.07) is 11.2. The largest absolute Gasteiger partial charge is 0.294 e. The van der Waals surface area contributed by atoms with Gasteiger partial charge in [0.1, 0.15) is 5.82 Å². The number of hydrogen-bond donors (Lipinski definition) is 0. The molecule has 0 aliphatic carbocycles. The summed E-state index contributed by atoms with van der Waals surface area (Å²) in [5, 5.41) is 0. The topological polar surface area (TPSA) is 30.0 Å². The van der Waals surface area contributed by atoms with Gasteiger partial charge in [0.05, 0.1) is 0 Å². The molecule has 4 heteroatoms. The second-order valence-electron chi connectivity index (χ2n) is 3.75. The number of Topliss-reactive ketones (excluding diaryl/α,β-unsaturated/α-hetero) is 1. The third kappa shape index (κ3) is 3.93. The normalized spacial score (nSPS) is 9.61. The molecule has 0 unspecified atom stereocenters. The summed E-state index contributed by atoms with van der Waals surface area (Å²) < 4.78 is 12.7. The zero-order valence-electron chi connectivity index (χ0n) is 9.67. The lowest BCUT2D eigenvalue weighted by Crippen LogP contribution is -2.02. The van der Waals surface area contributed by atoms with Crippen LogP contribution in [0.25, 0.3) is 0 Å². The Labute approximate surface area is 111 Å². The van der Waals surface area contributed by atoms with E-state index in [1.165, 1.54) is 24.3 Å². The molecule has 0 aliphatic rings. The molecule has 0 radical (unpaired) electrons. The summed E-state index contributed by atoms with van der Waals surface area (Å²) >= 11 is 0. The van der Waals surface area contributed by atoms with Crippen LogP contribution < -0.4 is 0 Å². The highest BCUT2D eigenvalue weighted by atomic mass is 35.5. The lowest BCUT2D eigenvalue weighted by atomic mass is 10.1. The van der Waals surface area contributed by atoms with E-state index in [9.17, 15) is 9.18 Å². The van der Waals surface area contributed by atoms with Gasteiger partial charge in [0.25, 0.3) is 0 Å². The number of carbonyl (C=O) groups excluding carboxylic acids is 1. The fraction of sp³-hybridized carbons (Fsp3) is 0.143. The molecule has 0 amide bonds. The molecular formula is C14H13ClFNO. The van der Waals surface area contributed by atoms with E-state index in [4.69, 9.17) is 0 Å². The molecule has 1 heterocycles. The first kappa shape index (κ1) is 14.3. The van der Waals surface area contributed by atoms with Gasteiger partial charge < -0.3 is 0 Å². The Bertz CT molecular complexity index is 499. The molecular weight excluding hydrogens is 253 g/mol. The summed E-state index contributed by atoms with van der Waals surface area (Å²) in [5.41, 5.74) is 1.44. The molecule has 0 saturated heterocycles. The van der Waals surface area contributed by atoms with Crippen LogP contribution in [0.15, 0.2) is 48.7 Å². The molecule has 0 fully saturated rings. The van der Waals surface area contributed by atoms with Gasteiger partial charge in [-0.25, -0.2) is 4.39 Å². The SMILES string of the molecule is Cl.O=C(CCc1ccccn1)c1ccc(F)cc1. The van der Waals surface area contributed by atoms with Crippen LogP contribution in [0.2, 0.25) is 0 Å². The monoisotopic (exact) mass is 265 g/mol. The standard InChI is InChI=1S/C14H12FNO.ClH/c15-12-6-4-11(5-7-12)14(17)9-8-13-3-1-2-10-16-13;/h1-7,10H,8-9H2;1H. The lowest BCUT2D eigenvalue weighted by molar-refractivity contribution is 0.0982. The van der Waals surface area contributed by atoms with E-state index in [1.54, 1.807) is 6.20 Å². The van der Waals surface area contributed by atoms with E-state index in [-0.39, 0.29) is 24.0 Å². The Balaban J connectivity index is 0.00000162. The van der Waals surface area contributed by atoms with Crippen molar-refractivity contribution < 1.29 is 9.18 Å². The predicted molar refractivity (Wildman–Crippen MR) is 70.5 cm³/mol. The highest BCUT2D eigenvalue weighted by molar-refractivity contribution is 5.96. The molecule has 2 rings (SSSR count). The van der Waals surface area contributed by atoms with Crippen LogP contribution in [0.4, 0.5) is 4.39 Å². The maximum absolute atomic E-state index is 12.7. The fourth-order valence-corrected chi connectivity index (χ4v) is 1.57. The predicted octanol–water partition coefficient (Wildman–Crippen LogP) is 3.46. The highest BCUT2D eigenvalue weighted by Crippen LogP contribution is 2.08. The summed E-state index contributed by atoms with van der Waals surface area (Å²) in [5.74, 6) is -0.318. The van der Waals surface area contributed by atoms with Gasteiger partial charge in [0, 0.05) is 23.9 Å². The minimum Gasteiger partial charge on any atom is -0.294 e. The second-order valence-corrected chi connectivity index (χ2v) is 3.75. The van der Waals surface area contributed by atoms with E-state index in [0.717, 1.165) is 5.69 Å². The number of carbonyl (C=O) groups is 1. The van der Waals surface area contributed by atoms with Crippen LogP contribution in [0.1, 0.15) is 22.5 Å². The van der Waals surface area contributed by atoms with Gasteiger partial charge in [-0.3, -0.25) is 9.78 Å². The number of nitrogens with zero attached hydrogens (tertiary/aromatic N) is 1. The molecule has 1 aromatic carbocycles. The van der Waals surface area contributed by atoms with Crippen molar-refractivity contribution in [2.24, 2.45) is 0 Å². The van der Waals surface area contributed by atoms with Gasteiger partial charge in [-0.1, -0.05) is 6.07 Å². The Kier molecular flexibility index (Phi) is 5.46. The van der Waals surface area contributed by atoms with Crippen LogP contribution in [0.5, 0.6) is 0 Å². The number of halogens is 2. The first-order chi connectivity index (χ1) is 8.25. The van der Waals surface area contributed by atoms with E-state index in [1.807, 2.05) is 18.2 Å². The molecule has 0 N–H and O–H groups in total. The second kappa shape index (κ2) is 6.87. The zero-order chi connectivity index (χ0) is 12.1. The number of aromatic nitrogens is 1. The van der Waals surface area contributed by atoms with Crippen molar-refractivity contribution >= 4 is 18.2 Å². The molecule has 0 aliphatic heterocycles. The molecule has 0 saturated carbocycles. The van der Waals surface area contributed by atoms with Crippen LogP contribution in [0, 0.1) is 5.82 Å².